The second-order valence-electron chi connectivity index (χ2n) is 5.26. The van der Waals surface area contributed by atoms with Crippen LogP contribution >= 0.6 is 0 Å². The number of nitrogens with zero attached hydrogens (tertiary/aromatic N) is 4. The third-order valence-electron chi connectivity index (χ3n) is 3.81. The molecule has 0 fully saturated rings. The molecule has 1 aromatic carbocycles. The molecule has 0 amide bonds. The van der Waals surface area contributed by atoms with Crippen molar-refractivity contribution in [2.45, 2.75) is 19.4 Å². The molecular formula is C17H14N4O2. The first-order valence-corrected chi connectivity index (χ1v) is 7.45. The Labute approximate surface area is 132 Å². The molecule has 2 aromatic heterocycles. The molecule has 6 nitrogen and oxygen atoms in total. The SMILES string of the molecule is N#CCCCn1c(-c2ccccn2)nc2cc3c(cc21)OCO3. The summed E-state index contributed by atoms with van der Waals surface area (Å²) < 4.78 is 13.0. The van der Waals surface area contributed by atoms with E-state index in [0.717, 1.165) is 34.7 Å². The van der Waals surface area contributed by atoms with Gasteiger partial charge in [-0.2, -0.15) is 5.26 Å². The molecule has 0 spiro atoms. The van der Waals surface area contributed by atoms with Gasteiger partial charge in [0.25, 0.3) is 0 Å². The zero-order valence-corrected chi connectivity index (χ0v) is 12.4. The number of fused-ring (bicyclic) bond motifs is 2. The lowest BCUT2D eigenvalue weighted by Crippen LogP contribution is -2.01. The van der Waals surface area contributed by atoms with E-state index < -0.39 is 0 Å². The predicted molar refractivity (Wildman–Crippen MR) is 83.9 cm³/mol. The van der Waals surface area contributed by atoms with Crippen LogP contribution in [-0.2, 0) is 6.54 Å². The summed E-state index contributed by atoms with van der Waals surface area (Å²) in [7, 11) is 0. The average Bonchev–Trinajstić information content (AvgIpc) is 3.18. The second kappa shape index (κ2) is 5.61. The standard InChI is InChI=1S/C17H14N4O2/c18-6-2-4-8-21-14-10-16-15(22-11-23-16)9-13(14)20-17(21)12-5-1-3-7-19-12/h1,3,5,7,9-10H,2,4,8,11H2. The van der Waals surface area contributed by atoms with E-state index in [1.54, 1.807) is 6.20 Å². The Hall–Kier alpha value is -3.07. The van der Waals surface area contributed by atoms with E-state index in [1.807, 2.05) is 30.3 Å². The van der Waals surface area contributed by atoms with Gasteiger partial charge in [0.15, 0.2) is 17.3 Å². The molecule has 0 atom stereocenters. The van der Waals surface area contributed by atoms with Crippen molar-refractivity contribution in [3.8, 4) is 29.1 Å². The van der Waals surface area contributed by atoms with Gasteiger partial charge in [-0.3, -0.25) is 4.98 Å². The summed E-state index contributed by atoms with van der Waals surface area (Å²) in [5.41, 5.74) is 2.61. The maximum absolute atomic E-state index is 8.80. The Bertz CT molecular complexity index is 896. The third-order valence-corrected chi connectivity index (χ3v) is 3.81. The van der Waals surface area contributed by atoms with E-state index in [9.17, 15) is 0 Å². The van der Waals surface area contributed by atoms with E-state index in [-0.39, 0.29) is 6.79 Å². The molecule has 1 aliphatic heterocycles. The summed E-state index contributed by atoms with van der Waals surface area (Å²) in [6.45, 7) is 0.944. The maximum atomic E-state index is 8.80. The molecule has 0 N–H and O–H groups in total. The number of unbranched alkanes of at least 4 members (excludes halogenated alkanes) is 1. The number of benzene rings is 1. The van der Waals surface area contributed by atoms with Gasteiger partial charge in [-0.15, -0.1) is 0 Å². The van der Waals surface area contributed by atoms with Crippen LogP contribution in [0.15, 0.2) is 36.5 Å². The predicted octanol–water partition coefficient (Wildman–Crippen LogP) is 3.13. The van der Waals surface area contributed by atoms with E-state index >= 15 is 0 Å². The fraction of sp³-hybridized carbons (Fsp3) is 0.235. The number of aromatic nitrogens is 3. The molecule has 0 saturated carbocycles. The maximum Gasteiger partial charge on any atom is 0.231 e. The van der Waals surface area contributed by atoms with Crippen molar-refractivity contribution in [3.63, 3.8) is 0 Å². The summed E-state index contributed by atoms with van der Waals surface area (Å²) in [5, 5.41) is 8.80. The normalized spacial score (nSPS) is 12.5. The second-order valence-corrected chi connectivity index (χ2v) is 5.26. The number of ether oxygens (including phenoxy) is 2. The Morgan fingerprint density at radius 2 is 2.09 bits per heavy atom. The van der Waals surface area contributed by atoms with Crippen LogP contribution < -0.4 is 9.47 Å². The lowest BCUT2D eigenvalue weighted by molar-refractivity contribution is 0.174. The Kier molecular flexibility index (Phi) is 3.31. The highest BCUT2D eigenvalue weighted by atomic mass is 16.7. The highest BCUT2D eigenvalue weighted by Gasteiger charge is 2.20. The van der Waals surface area contributed by atoms with Crippen LogP contribution in [0.3, 0.4) is 0 Å². The van der Waals surface area contributed by atoms with Crippen molar-refractivity contribution in [2.75, 3.05) is 6.79 Å². The van der Waals surface area contributed by atoms with E-state index in [2.05, 4.69) is 15.6 Å². The Morgan fingerprint density at radius 3 is 2.87 bits per heavy atom. The van der Waals surface area contributed by atoms with Gasteiger partial charge in [0, 0.05) is 31.3 Å². The molecule has 1 aliphatic rings. The van der Waals surface area contributed by atoms with Crippen LogP contribution in [0.4, 0.5) is 0 Å². The summed E-state index contributed by atoms with van der Waals surface area (Å²) in [6.07, 6.45) is 3.02. The van der Waals surface area contributed by atoms with Crippen molar-refractivity contribution >= 4 is 11.0 Å². The number of nitriles is 1. The van der Waals surface area contributed by atoms with E-state index in [0.29, 0.717) is 18.7 Å². The van der Waals surface area contributed by atoms with Gasteiger partial charge in [0.05, 0.1) is 17.1 Å². The van der Waals surface area contributed by atoms with Gasteiger partial charge < -0.3 is 14.0 Å². The molecule has 3 aromatic rings. The summed E-state index contributed by atoms with van der Waals surface area (Å²) >= 11 is 0. The van der Waals surface area contributed by atoms with Crippen LogP contribution in [0.5, 0.6) is 11.5 Å². The molecule has 0 bridgehead atoms. The van der Waals surface area contributed by atoms with Crippen molar-refractivity contribution in [3.05, 3.63) is 36.5 Å². The quantitative estimate of drug-likeness (QED) is 0.692. The first-order chi connectivity index (χ1) is 11.4. The molecule has 23 heavy (non-hydrogen) atoms. The van der Waals surface area contributed by atoms with Gasteiger partial charge in [0.2, 0.25) is 6.79 Å². The molecule has 4 rings (SSSR count). The van der Waals surface area contributed by atoms with Crippen molar-refractivity contribution in [2.24, 2.45) is 0 Å². The highest BCUT2D eigenvalue weighted by molar-refractivity contribution is 5.84. The number of hydrogen-bond acceptors (Lipinski definition) is 5. The number of aryl methyl sites for hydroxylation is 1. The topological polar surface area (TPSA) is 73.0 Å². The van der Waals surface area contributed by atoms with Crippen molar-refractivity contribution in [1.29, 1.82) is 5.26 Å². The Morgan fingerprint density at radius 1 is 1.22 bits per heavy atom. The summed E-state index contributed by atoms with van der Waals surface area (Å²) in [4.78, 5) is 9.12. The number of rotatable bonds is 4. The fourth-order valence-corrected chi connectivity index (χ4v) is 2.75. The number of pyridine rings is 1. The molecule has 6 heteroatoms. The first kappa shape index (κ1) is 13.6. The lowest BCUT2D eigenvalue weighted by Gasteiger charge is -2.08. The monoisotopic (exact) mass is 306 g/mol. The van der Waals surface area contributed by atoms with Crippen LogP contribution in [-0.4, -0.2) is 21.3 Å². The molecule has 0 radical (unpaired) electrons. The van der Waals surface area contributed by atoms with Gasteiger partial charge in [-0.05, 0) is 18.6 Å². The van der Waals surface area contributed by atoms with Gasteiger partial charge in [0.1, 0.15) is 5.69 Å². The molecular weight excluding hydrogens is 292 g/mol. The molecule has 0 saturated heterocycles. The molecule has 3 heterocycles. The van der Waals surface area contributed by atoms with Gasteiger partial charge in [-0.25, -0.2) is 4.98 Å². The zero-order chi connectivity index (χ0) is 15.6. The van der Waals surface area contributed by atoms with Gasteiger partial charge >= 0.3 is 0 Å². The fourth-order valence-electron chi connectivity index (χ4n) is 2.75. The number of imidazole rings is 1. The van der Waals surface area contributed by atoms with Crippen LogP contribution in [0.2, 0.25) is 0 Å². The summed E-state index contributed by atoms with van der Waals surface area (Å²) in [5.74, 6) is 2.24. The van der Waals surface area contributed by atoms with E-state index in [4.69, 9.17) is 19.7 Å². The lowest BCUT2D eigenvalue weighted by atomic mass is 10.2. The zero-order valence-electron chi connectivity index (χ0n) is 12.4. The smallest absolute Gasteiger partial charge is 0.231 e. The summed E-state index contributed by atoms with van der Waals surface area (Å²) in [6, 6.07) is 11.8. The van der Waals surface area contributed by atoms with Crippen LogP contribution in [0, 0.1) is 11.3 Å². The van der Waals surface area contributed by atoms with Crippen molar-refractivity contribution in [1.82, 2.24) is 14.5 Å². The average molecular weight is 306 g/mol. The first-order valence-electron chi connectivity index (χ1n) is 7.45. The number of hydrogen-bond donors (Lipinski definition) is 0. The minimum Gasteiger partial charge on any atom is -0.454 e. The largest absolute Gasteiger partial charge is 0.454 e. The Balaban J connectivity index is 1.87. The minimum absolute atomic E-state index is 0.240. The van der Waals surface area contributed by atoms with Crippen LogP contribution in [0.25, 0.3) is 22.6 Å². The minimum atomic E-state index is 0.240. The molecule has 0 unspecified atom stereocenters. The van der Waals surface area contributed by atoms with Crippen LogP contribution in [0.1, 0.15) is 12.8 Å². The van der Waals surface area contributed by atoms with E-state index in [1.165, 1.54) is 0 Å². The van der Waals surface area contributed by atoms with Crippen molar-refractivity contribution < 1.29 is 9.47 Å². The molecule has 114 valence electrons. The third kappa shape index (κ3) is 2.36. The van der Waals surface area contributed by atoms with Gasteiger partial charge in [-0.1, -0.05) is 6.07 Å². The highest BCUT2D eigenvalue weighted by Crippen LogP contribution is 2.37. The molecule has 0 aliphatic carbocycles.